The van der Waals surface area contributed by atoms with Crippen LogP contribution in [0.4, 0.5) is 11.8 Å². The summed E-state index contributed by atoms with van der Waals surface area (Å²) in [4.78, 5) is 31.5. The number of likely N-dealkylation sites (N-methyl/N-ethyl adjacent to an activating group) is 1. The summed E-state index contributed by atoms with van der Waals surface area (Å²) in [6.07, 6.45) is 0.707. The second kappa shape index (κ2) is 9.20. The first kappa shape index (κ1) is 22.1. The average molecular weight is 441 g/mol. The van der Waals surface area contributed by atoms with Crippen molar-refractivity contribution in [2.45, 2.75) is 13.0 Å². The molecule has 4 rings (SSSR count). The number of fused-ring (bicyclic) bond motifs is 1. The van der Waals surface area contributed by atoms with Crippen LogP contribution in [0.15, 0.2) is 18.2 Å². The van der Waals surface area contributed by atoms with E-state index in [9.17, 15) is 4.79 Å². The molecular weight excluding hydrogens is 408 g/mol. The molecule has 3 heterocycles. The van der Waals surface area contributed by atoms with Crippen LogP contribution in [0.25, 0.3) is 0 Å². The molecule has 2 aromatic rings. The summed E-state index contributed by atoms with van der Waals surface area (Å²) < 4.78 is 10.7. The molecule has 0 bridgehead atoms. The molecule has 2 aliphatic heterocycles. The lowest BCUT2D eigenvalue weighted by atomic mass is 10.0. The van der Waals surface area contributed by atoms with Crippen LogP contribution in [-0.4, -0.2) is 93.8 Å². The third kappa shape index (κ3) is 4.29. The molecule has 172 valence electrons. The molecule has 32 heavy (non-hydrogen) atoms. The smallest absolute Gasteiger partial charge is 0.254 e. The van der Waals surface area contributed by atoms with Crippen molar-refractivity contribution in [3.05, 3.63) is 35.0 Å². The van der Waals surface area contributed by atoms with Crippen LogP contribution in [0.1, 0.15) is 21.6 Å². The molecule has 0 radical (unpaired) electrons. The zero-order valence-electron chi connectivity index (χ0n) is 19.6. The van der Waals surface area contributed by atoms with Gasteiger partial charge in [-0.05, 0) is 25.2 Å². The minimum atomic E-state index is -0.0375. The van der Waals surface area contributed by atoms with Crippen molar-refractivity contribution in [2.24, 2.45) is 0 Å². The molecular formula is C23H32N6O3. The number of ether oxygens (including phenoxy) is 2. The van der Waals surface area contributed by atoms with Gasteiger partial charge in [0.15, 0.2) is 11.5 Å². The molecule has 0 aliphatic carbocycles. The number of hydrogen-bond donors (Lipinski definition) is 0. The van der Waals surface area contributed by atoms with E-state index < -0.39 is 0 Å². The lowest BCUT2D eigenvalue weighted by Crippen LogP contribution is -2.45. The Balaban J connectivity index is 1.59. The average Bonchev–Trinajstić information content (AvgIpc) is 2.82. The number of piperazine rings is 1. The first-order valence-electron chi connectivity index (χ1n) is 10.9. The van der Waals surface area contributed by atoms with Crippen LogP contribution in [0.3, 0.4) is 0 Å². The van der Waals surface area contributed by atoms with Crippen molar-refractivity contribution in [1.29, 1.82) is 0 Å². The van der Waals surface area contributed by atoms with Crippen molar-refractivity contribution in [3.63, 3.8) is 0 Å². The number of rotatable bonds is 5. The summed E-state index contributed by atoms with van der Waals surface area (Å²) >= 11 is 0. The van der Waals surface area contributed by atoms with E-state index in [2.05, 4.69) is 16.8 Å². The topological polar surface area (TPSA) is 74.3 Å². The van der Waals surface area contributed by atoms with Crippen LogP contribution in [0, 0.1) is 0 Å². The second-order valence-corrected chi connectivity index (χ2v) is 8.50. The highest BCUT2D eigenvalue weighted by atomic mass is 16.5. The van der Waals surface area contributed by atoms with Crippen LogP contribution < -0.4 is 19.3 Å². The van der Waals surface area contributed by atoms with E-state index in [1.165, 1.54) is 0 Å². The summed E-state index contributed by atoms with van der Waals surface area (Å²) in [7, 11) is 9.28. The fourth-order valence-electron chi connectivity index (χ4n) is 4.23. The van der Waals surface area contributed by atoms with Gasteiger partial charge in [-0.3, -0.25) is 4.79 Å². The van der Waals surface area contributed by atoms with Gasteiger partial charge in [0, 0.05) is 64.4 Å². The zero-order valence-corrected chi connectivity index (χ0v) is 19.6. The number of aromatic nitrogens is 2. The number of amides is 1. The number of carbonyl (C=O) groups excluding carboxylic acids is 1. The third-order valence-corrected chi connectivity index (χ3v) is 6.15. The lowest BCUT2D eigenvalue weighted by Gasteiger charge is -2.35. The van der Waals surface area contributed by atoms with Crippen molar-refractivity contribution < 1.29 is 14.3 Å². The van der Waals surface area contributed by atoms with E-state index in [-0.39, 0.29) is 5.91 Å². The van der Waals surface area contributed by atoms with Crippen molar-refractivity contribution in [3.8, 4) is 11.5 Å². The Hall–Kier alpha value is -3.07. The van der Waals surface area contributed by atoms with E-state index in [1.54, 1.807) is 32.4 Å². The number of carbonyl (C=O) groups is 1. The summed E-state index contributed by atoms with van der Waals surface area (Å²) in [5.74, 6) is 2.79. The zero-order chi connectivity index (χ0) is 22.8. The number of benzene rings is 1. The monoisotopic (exact) mass is 440 g/mol. The van der Waals surface area contributed by atoms with Crippen molar-refractivity contribution in [1.82, 2.24) is 19.8 Å². The molecule has 0 unspecified atom stereocenters. The molecule has 0 N–H and O–H groups in total. The van der Waals surface area contributed by atoms with Crippen LogP contribution in [-0.2, 0) is 13.0 Å². The van der Waals surface area contributed by atoms with Crippen LogP contribution >= 0.6 is 0 Å². The predicted molar refractivity (Wildman–Crippen MR) is 124 cm³/mol. The summed E-state index contributed by atoms with van der Waals surface area (Å²) in [6.45, 7) is 4.96. The number of anilines is 2. The normalized spacial score (nSPS) is 16.5. The van der Waals surface area contributed by atoms with Crippen LogP contribution in [0.2, 0.25) is 0 Å². The van der Waals surface area contributed by atoms with Gasteiger partial charge in [-0.15, -0.1) is 0 Å². The van der Waals surface area contributed by atoms with E-state index in [4.69, 9.17) is 19.4 Å². The Morgan fingerprint density at radius 2 is 1.72 bits per heavy atom. The number of methoxy groups -OCH3 is 2. The summed E-state index contributed by atoms with van der Waals surface area (Å²) in [5, 5.41) is 0. The minimum absolute atomic E-state index is 0.0375. The van der Waals surface area contributed by atoms with Gasteiger partial charge >= 0.3 is 0 Å². The summed E-state index contributed by atoms with van der Waals surface area (Å²) in [5.41, 5.74) is 2.63. The van der Waals surface area contributed by atoms with E-state index in [1.807, 2.05) is 23.9 Å². The number of hydrogen-bond acceptors (Lipinski definition) is 8. The maximum Gasteiger partial charge on any atom is 0.254 e. The molecule has 1 aromatic heterocycles. The fraction of sp³-hybridized carbons (Fsp3) is 0.522. The molecule has 1 saturated heterocycles. The molecule has 1 amide bonds. The molecule has 0 spiro atoms. The first-order valence-corrected chi connectivity index (χ1v) is 10.9. The van der Waals surface area contributed by atoms with Crippen LogP contribution in [0.5, 0.6) is 11.5 Å². The molecule has 0 atom stereocenters. The third-order valence-electron chi connectivity index (χ3n) is 6.15. The van der Waals surface area contributed by atoms with Gasteiger partial charge in [0.25, 0.3) is 5.91 Å². The maximum atomic E-state index is 13.3. The standard InChI is InChI=1S/C23H32N6O3/c1-26(2)21-17-15-29(22(30)16-6-7-19(31-4)20(14-16)32-5)9-8-18(17)24-23(25-21)28-12-10-27(3)11-13-28/h6-7,14H,8-13,15H2,1-5H3. The Bertz CT molecular complexity index is 988. The minimum Gasteiger partial charge on any atom is -0.493 e. The highest BCUT2D eigenvalue weighted by Crippen LogP contribution is 2.31. The Morgan fingerprint density at radius 1 is 1.00 bits per heavy atom. The maximum absolute atomic E-state index is 13.3. The molecule has 1 fully saturated rings. The Kier molecular flexibility index (Phi) is 6.36. The van der Waals surface area contributed by atoms with Gasteiger partial charge < -0.3 is 29.1 Å². The van der Waals surface area contributed by atoms with Gasteiger partial charge in [-0.1, -0.05) is 0 Å². The van der Waals surface area contributed by atoms with Crippen molar-refractivity contribution >= 4 is 17.7 Å². The SMILES string of the molecule is COc1ccc(C(=O)N2CCc3nc(N4CCN(C)CC4)nc(N(C)C)c3C2)cc1OC. The summed E-state index contributed by atoms with van der Waals surface area (Å²) in [6, 6.07) is 5.27. The quantitative estimate of drug-likeness (QED) is 0.693. The lowest BCUT2D eigenvalue weighted by molar-refractivity contribution is 0.0733. The molecule has 9 nitrogen and oxygen atoms in total. The predicted octanol–water partition coefficient (Wildman–Crippen LogP) is 1.51. The molecule has 9 heteroatoms. The Labute approximate surface area is 189 Å². The number of nitrogens with zero attached hydrogens (tertiary/aromatic N) is 6. The highest BCUT2D eigenvalue weighted by Gasteiger charge is 2.29. The molecule has 2 aliphatic rings. The van der Waals surface area contributed by atoms with Gasteiger partial charge in [-0.2, -0.15) is 4.98 Å². The Morgan fingerprint density at radius 3 is 2.38 bits per heavy atom. The van der Waals surface area contributed by atoms with Gasteiger partial charge in [-0.25, -0.2) is 4.98 Å². The fourth-order valence-corrected chi connectivity index (χ4v) is 4.23. The van der Waals surface area contributed by atoms with Crippen molar-refractivity contribution in [2.75, 3.05) is 77.9 Å². The van der Waals surface area contributed by atoms with E-state index >= 15 is 0 Å². The first-order chi connectivity index (χ1) is 15.4. The van der Waals surface area contributed by atoms with Gasteiger partial charge in [0.1, 0.15) is 5.82 Å². The van der Waals surface area contributed by atoms with E-state index in [0.717, 1.165) is 49.2 Å². The molecule has 1 aromatic carbocycles. The largest absolute Gasteiger partial charge is 0.493 e. The molecule has 0 saturated carbocycles. The van der Waals surface area contributed by atoms with Gasteiger partial charge in [0.05, 0.1) is 26.5 Å². The highest BCUT2D eigenvalue weighted by molar-refractivity contribution is 5.95. The van der Waals surface area contributed by atoms with E-state index in [0.29, 0.717) is 36.6 Å². The van der Waals surface area contributed by atoms with Gasteiger partial charge in [0.2, 0.25) is 5.95 Å². The second-order valence-electron chi connectivity index (χ2n) is 8.50.